The van der Waals surface area contributed by atoms with Crippen molar-refractivity contribution in [3.8, 4) is 0 Å². The third-order valence-electron chi connectivity index (χ3n) is 2.57. The zero-order chi connectivity index (χ0) is 10.8. The second-order valence-corrected chi connectivity index (χ2v) is 6.78. The molecule has 0 fully saturated rings. The van der Waals surface area contributed by atoms with E-state index in [-0.39, 0.29) is 5.41 Å². The summed E-state index contributed by atoms with van der Waals surface area (Å²) >= 11 is 10.1. The first-order chi connectivity index (χ1) is 6.49. The summed E-state index contributed by atoms with van der Waals surface area (Å²) in [7, 11) is 0. The minimum absolute atomic E-state index is 0.274. The Bertz CT molecular complexity index is 304. The lowest BCUT2D eigenvalue weighted by molar-refractivity contribution is 0.457. The monoisotopic (exact) mass is 342 g/mol. The van der Waals surface area contributed by atoms with Crippen LogP contribution in [-0.4, -0.2) is 0 Å². The zero-order valence-electron chi connectivity index (χ0n) is 8.86. The lowest BCUT2D eigenvalue weighted by Gasteiger charge is -2.24. The number of halogens is 2. The zero-order valence-corrected chi connectivity index (χ0v) is 12.6. The summed E-state index contributed by atoms with van der Waals surface area (Å²) in [5.41, 5.74) is 1.69. The predicted octanol–water partition coefficient (Wildman–Crippen LogP) is 5.47. The lowest BCUT2D eigenvalue weighted by atomic mass is 9.82. The maximum absolute atomic E-state index is 6.08. The Morgan fingerprint density at radius 3 is 2.57 bits per heavy atom. The molecular weight excluding hydrogens is 327 g/mol. The molecule has 1 heterocycles. The maximum Gasteiger partial charge on any atom is 0.106 e. The highest BCUT2D eigenvalue weighted by Crippen LogP contribution is 2.39. The largest absolute Gasteiger partial charge is 0.131 e. The highest BCUT2D eigenvalue weighted by Gasteiger charge is 2.24. The van der Waals surface area contributed by atoms with E-state index in [9.17, 15) is 0 Å². The van der Waals surface area contributed by atoms with Gasteiger partial charge in [-0.05, 0) is 45.4 Å². The van der Waals surface area contributed by atoms with E-state index >= 15 is 0 Å². The highest BCUT2D eigenvalue weighted by atomic mass is 127. The Labute approximate surface area is 109 Å². The predicted molar refractivity (Wildman–Crippen MR) is 74.6 cm³/mol. The third-order valence-corrected chi connectivity index (χ3v) is 5.60. The van der Waals surface area contributed by atoms with E-state index in [1.807, 2.05) is 0 Å². The molecular formula is C11H16ClIS. The van der Waals surface area contributed by atoms with Crippen molar-refractivity contribution < 1.29 is 0 Å². The lowest BCUT2D eigenvalue weighted by Crippen LogP contribution is -2.17. The van der Waals surface area contributed by atoms with Gasteiger partial charge in [0.1, 0.15) is 4.34 Å². The molecule has 1 aromatic heterocycles. The molecule has 0 N–H and O–H groups in total. The van der Waals surface area contributed by atoms with E-state index in [1.165, 1.54) is 28.4 Å². The molecule has 0 unspecified atom stereocenters. The molecule has 0 aliphatic rings. The fourth-order valence-corrected chi connectivity index (χ4v) is 4.12. The van der Waals surface area contributed by atoms with E-state index in [2.05, 4.69) is 48.7 Å². The fraction of sp³-hybridized carbons (Fsp3) is 0.636. The second-order valence-electron chi connectivity index (χ2n) is 4.22. The van der Waals surface area contributed by atoms with Crippen LogP contribution in [0.4, 0.5) is 0 Å². The molecule has 0 aliphatic carbocycles. The smallest absolute Gasteiger partial charge is 0.106 e. The Hall–Kier alpha value is 0.720. The minimum atomic E-state index is 0.274. The van der Waals surface area contributed by atoms with Crippen molar-refractivity contribution in [2.24, 2.45) is 0 Å². The summed E-state index contributed by atoms with van der Waals surface area (Å²) in [5, 5.41) is 2.21. The van der Waals surface area contributed by atoms with Crippen LogP contribution < -0.4 is 0 Å². The van der Waals surface area contributed by atoms with Crippen molar-refractivity contribution in [2.75, 3.05) is 0 Å². The van der Waals surface area contributed by atoms with Crippen LogP contribution in [0.5, 0.6) is 0 Å². The van der Waals surface area contributed by atoms with Crippen molar-refractivity contribution in [3.05, 3.63) is 18.9 Å². The molecule has 0 amide bonds. The van der Waals surface area contributed by atoms with Crippen molar-refractivity contribution in [3.63, 3.8) is 0 Å². The van der Waals surface area contributed by atoms with Gasteiger partial charge in [-0.2, -0.15) is 0 Å². The second kappa shape index (κ2) is 5.17. The topological polar surface area (TPSA) is 0 Å². The Balaban J connectivity index is 2.86. The molecule has 14 heavy (non-hydrogen) atoms. The molecule has 0 nitrogen and oxygen atoms in total. The number of hydrogen-bond acceptors (Lipinski definition) is 1. The Kier molecular flexibility index (Phi) is 4.72. The van der Waals surface area contributed by atoms with Crippen molar-refractivity contribution >= 4 is 45.5 Å². The van der Waals surface area contributed by atoms with Crippen LogP contribution in [0.1, 0.15) is 45.6 Å². The van der Waals surface area contributed by atoms with Gasteiger partial charge in [-0.15, -0.1) is 11.3 Å². The first kappa shape index (κ1) is 12.8. The van der Waals surface area contributed by atoms with Gasteiger partial charge in [0.15, 0.2) is 0 Å². The van der Waals surface area contributed by atoms with E-state index in [0.717, 1.165) is 4.34 Å². The number of thiophene rings is 1. The number of hydrogen-bond donors (Lipinski definition) is 0. The summed E-state index contributed by atoms with van der Waals surface area (Å²) in [6.07, 6.45) is 3.79. The summed E-state index contributed by atoms with van der Waals surface area (Å²) in [4.78, 5) is 0. The molecule has 1 aromatic rings. The molecule has 3 heteroatoms. The molecule has 80 valence electrons. The van der Waals surface area contributed by atoms with Crippen LogP contribution in [0, 0.1) is 3.57 Å². The van der Waals surface area contributed by atoms with Crippen LogP contribution in [0.25, 0.3) is 0 Å². The highest BCUT2D eigenvalue weighted by molar-refractivity contribution is 14.1. The van der Waals surface area contributed by atoms with Gasteiger partial charge in [0.05, 0.1) is 0 Å². The van der Waals surface area contributed by atoms with Crippen molar-refractivity contribution in [1.29, 1.82) is 0 Å². The van der Waals surface area contributed by atoms with Gasteiger partial charge < -0.3 is 0 Å². The van der Waals surface area contributed by atoms with Crippen molar-refractivity contribution in [1.82, 2.24) is 0 Å². The average Bonchev–Trinajstić information content (AvgIpc) is 2.45. The molecule has 0 radical (unpaired) electrons. The van der Waals surface area contributed by atoms with E-state index in [4.69, 9.17) is 11.6 Å². The van der Waals surface area contributed by atoms with Crippen molar-refractivity contribution in [2.45, 2.75) is 45.4 Å². The van der Waals surface area contributed by atoms with E-state index in [1.54, 1.807) is 11.3 Å². The van der Waals surface area contributed by atoms with E-state index < -0.39 is 0 Å². The van der Waals surface area contributed by atoms with Crippen LogP contribution in [0.2, 0.25) is 4.34 Å². The summed E-state index contributed by atoms with van der Waals surface area (Å²) in [6, 6.07) is 0. The van der Waals surface area contributed by atoms with Crippen LogP contribution in [0.3, 0.4) is 0 Å². The normalized spacial score (nSPS) is 12.1. The van der Waals surface area contributed by atoms with Crippen LogP contribution in [-0.2, 0) is 5.41 Å². The molecule has 0 aromatic carbocycles. The third kappa shape index (κ3) is 2.86. The van der Waals surface area contributed by atoms with Gasteiger partial charge in [0.25, 0.3) is 0 Å². The van der Waals surface area contributed by atoms with E-state index in [0.29, 0.717) is 0 Å². The standard InChI is InChI=1S/C11H16ClIS/c1-4-5-6-11(2,3)8-7-14-10(12)9(8)13/h7H,4-6H2,1-3H3. The molecule has 0 aliphatic heterocycles. The first-order valence-electron chi connectivity index (χ1n) is 4.92. The van der Waals surface area contributed by atoms with Gasteiger partial charge in [-0.1, -0.05) is 45.2 Å². The minimum Gasteiger partial charge on any atom is -0.131 e. The van der Waals surface area contributed by atoms with Gasteiger partial charge in [0.2, 0.25) is 0 Å². The summed E-state index contributed by atoms with van der Waals surface area (Å²) < 4.78 is 2.18. The van der Waals surface area contributed by atoms with Gasteiger partial charge >= 0.3 is 0 Å². The molecule has 0 bridgehead atoms. The molecule has 0 saturated heterocycles. The van der Waals surface area contributed by atoms with Gasteiger partial charge in [-0.25, -0.2) is 0 Å². The summed E-state index contributed by atoms with van der Waals surface area (Å²) in [6.45, 7) is 6.86. The Morgan fingerprint density at radius 1 is 1.50 bits per heavy atom. The number of rotatable bonds is 4. The van der Waals surface area contributed by atoms with Crippen LogP contribution in [0.15, 0.2) is 5.38 Å². The quantitative estimate of drug-likeness (QED) is 0.636. The molecule has 1 rings (SSSR count). The fourth-order valence-electron chi connectivity index (χ4n) is 1.53. The number of unbranched alkanes of at least 4 members (excludes halogenated alkanes) is 1. The maximum atomic E-state index is 6.08. The molecule has 0 atom stereocenters. The Morgan fingerprint density at radius 2 is 2.14 bits per heavy atom. The van der Waals surface area contributed by atoms with Gasteiger partial charge in [0, 0.05) is 3.57 Å². The van der Waals surface area contributed by atoms with Gasteiger partial charge in [-0.3, -0.25) is 0 Å². The summed E-state index contributed by atoms with van der Waals surface area (Å²) in [5.74, 6) is 0. The van der Waals surface area contributed by atoms with Crippen LogP contribution >= 0.6 is 45.5 Å². The first-order valence-corrected chi connectivity index (χ1v) is 7.25. The average molecular weight is 343 g/mol. The molecule has 0 spiro atoms. The molecule has 0 saturated carbocycles. The SMILES string of the molecule is CCCCC(C)(C)c1csc(Cl)c1I.